The molecule has 88 valence electrons. The minimum Gasteiger partial charge on any atom is -0.309 e. The molecule has 0 bridgehead atoms. The van der Waals surface area contributed by atoms with E-state index in [2.05, 4.69) is 5.32 Å². The second-order valence-corrected chi connectivity index (χ2v) is 6.01. The van der Waals surface area contributed by atoms with Gasteiger partial charge in [-0.1, -0.05) is 29.3 Å². The Kier molecular flexibility index (Phi) is 4.83. The minimum atomic E-state index is 0.624. The SMILES string of the molecule is Clc1ccc(CNC2CCCSC2)cc1Cl. The van der Waals surface area contributed by atoms with Crippen molar-refractivity contribution in [2.45, 2.75) is 25.4 Å². The van der Waals surface area contributed by atoms with Crippen LogP contribution in [-0.2, 0) is 6.54 Å². The van der Waals surface area contributed by atoms with Gasteiger partial charge < -0.3 is 5.32 Å². The first-order chi connectivity index (χ1) is 7.75. The summed E-state index contributed by atoms with van der Waals surface area (Å²) < 4.78 is 0. The summed E-state index contributed by atoms with van der Waals surface area (Å²) >= 11 is 13.9. The summed E-state index contributed by atoms with van der Waals surface area (Å²) in [7, 11) is 0. The topological polar surface area (TPSA) is 12.0 Å². The van der Waals surface area contributed by atoms with E-state index in [-0.39, 0.29) is 0 Å². The largest absolute Gasteiger partial charge is 0.309 e. The Morgan fingerprint density at radius 2 is 2.19 bits per heavy atom. The van der Waals surface area contributed by atoms with E-state index in [0.29, 0.717) is 16.1 Å². The molecule has 1 aromatic carbocycles. The molecule has 1 heterocycles. The highest BCUT2D eigenvalue weighted by Crippen LogP contribution is 2.23. The Balaban J connectivity index is 1.86. The van der Waals surface area contributed by atoms with Crippen LogP contribution in [0.1, 0.15) is 18.4 Å². The van der Waals surface area contributed by atoms with Gasteiger partial charge in [0.25, 0.3) is 0 Å². The second kappa shape index (κ2) is 6.15. The van der Waals surface area contributed by atoms with Crippen LogP contribution in [0.25, 0.3) is 0 Å². The Labute approximate surface area is 111 Å². The van der Waals surface area contributed by atoms with Crippen molar-refractivity contribution in [3.63, 3.8) is 0 Å². The van der Waals surface area contributed by atoms with Crippen molar-refractivity contribution in [3.05, 3.63) is 33.8 Å². The Morgan fingerprint density at radius 1 is 1.31 bits per heavy atom. The smallest absolute Gasteiger partial charge is 0.0595 e. The monoisotopic (exact) mass is 275 g/mol. The molecule has 1 aliphatic heterocycles. The first-order valence-corrected chi connectivity index (χ1v) is 7.42. The number of benzene rings is 1. The van der Waals surface area contributed by atoms with Gasteiger partial charge in [0.2, 0.25) is 0 Å². The zero-order valence-electron chi connectivity index (χ0n) is 9.01. The van der Waals surface area contributed by atoms with Crippen molar-refractivity contribution >= 4 is 35.0 Å². The van der Waals surface area contributed by atoms with Crippen LogP contribution in [0.2, 0.25) is 10.0 Å². The summed E-state index contributed by atoms with van der Waals surface area (Å²) in [5, 5.41) is 4.82. The van der Waals surface area contributed by atoms with E-state index in [4.69, 9.17) is 23.2 Å². The van der Waals surface area contributed by atoms with Crippen molar-refractivity contribution in [2.75, 3.05) is 11.5 Å². The molecule has 1 saturated heterocycles. The maximum atomic E-state index is 5.97. The summed E-state index contributed by atoms with van der Waals surface area (Å²) in [4.78, 5) is 0. The summed E-state index contributed by atoms with van der Waals surface area (Å²) in [5.74, 6) is 2.53. The molecule has 1 unspecified atom stereocenters. The molecular formula is C12H15Cl2NS. The zero-order valence-corrected chi connectivity index (χ0v) is 11.3. The number of thioether (sulfide) groups is 1. The van der Waals surface area contributed by atoms with Gasteiger partial charge in [-0.25, -0.2) is 0 Å². The van der Waals surface area contributed by atoms with Crippen LogP contribution >= 0.6 is 35.0 Å². The zero-order chi connectivity index (χ0) is 11.4. The van der Waals surface area contributed by atoms with E-state index in [1.807, 2.05) is 30.0 Å². The highest BCUT2D eigenvalue weighted by Gasteiger charge is 2.12. The molecule has 0 radical (unpaired) electrons. The standard InChI is InChI=1S/C12H15Cl2NS/c13-11-4-3-9(6-12(11)14)7-15-10-2-1-5-16-8-10/h3-4,6,10,15H,1-2,5,7-8H2. The van der Waals surface area contributed by atoms with Crippen LogP contribution in [0, 0.1) is 0 Å². The van der Waals surface area contributed by atoms with Crippen molar-refractivity contribution in [1.82, 2.24) is 5.32 Å². The van der Waals surface area contributed by atoms with Gasteiger partial charge in [0.1, 0.15) is 0 Å². The second-order valence-electron chi connectivity index (χ2n) is 4.04. The Hall–Kier alpha value is 0.110. The molecule has 16 heavy (non-hydrogen) atoms. The first kappa shape index (κ1) is 12.6. The predicted octanol–water partition coefficient (Wildman–Crippen LogP) is 3.98. The molecule has 0 aromatic heterocycles. The lowest BCUT2D eigenvalue weighted by Gasteiger charge is -2.22. The fourth-order valence-corrected chi connectivity index (χ4v) is 3.24. The van der Waals surface area contributed by atoms with E-state index in [9.17, 15) is 0 Å². The lowest BCUT2D eigenvalue weighted by molar-refractivity contribution is 0.508. The fraction of sp³-hybridized carbons (Fsp3) is 0.500. The van der Waals surface area contributed by atoms with Crippen molar-refractivity contribution < 1.29 is 0 Å². The van der Waals surface area contributed by atoms with Gasteiger partial charge >= 0.3 is 0 Å². The number of hydrogen-bond acceptors (Lipinski definition) is 2. The van der Waals surface area contributed by atoms with Crippen LogP contribution in [0.5, 0.6) is 0 Å². The average molecular weight is 276 g/mol. The average Bonchev–Trinajstić information content (AvgIpc) is 2.32. The van der Waals surface area contributed by atoms with E-state index in [0.717, 1.165) is 6.54 Å². The molecule has 0 saturated carbocycles. The quantitative estimate of drug-likeness (QED) is 0.896. The molecule has 0 spiro atoms. The van der Waals surface area contributed by atoms with Crippen molar-refractivity contribution in [2.24, 2.45) is 0 Å². The third-order valence-electron chi connectivity index (χ3n) is 2.74. The summed E-state index contributed by atoms with van der Waals surface area (Å²) in [6.45, 7) is 0.877. The third-order valence-corrected chi connectivity index (χ3v) is 4.69. The van der Waals surface area contributed by atoms with Crippen molar-refractivity contribution in [1.29, 1.82) is 0 Å². The molecule has 1 fully saturated rings. The van der Waals surface area contributed by atoms with Gasteiger partial charge in [0.15, 0.2) is 0 Å². The van der Waals surface area contributed by atoms with Crippen LogP contribution in [0.3, 0.4) is 0 Å². The highest BCUT2D eigenvalue weighted by molar-refractivity contribution is 7.99. The summed E-state index contributed by atoms with van der Waals surface area (Å²) in [5.41, 5.74) is 1.20. The van der Waals surface area contributed by atoms with E-state index >= 15 is 0 Å². The number of halogens is 2. The van der Waals surface area contributed by atoms with Gasteiger partial charge in [-0.05, 0) is 36.3 Å². The van der Waals surface area contributed by atoms with Crippen LogP contribution in [0.4, 0.5) is 0 Å². The Bertz CT molecular complexity index is 351. The molecule has 2 rings (SSSR count). The fourth-order valence-electron chi connectivity index (χ4n) is 1.81. The van der Waals surface area contributed by atoms with Crippen LogP contribution in [0.15, 0.2) is 18.2 Å². The van der Waals surface area contributed by atoms with Crippen molar-refractivity contribution in [3.8, 4) is 0 Å². The molecule has 1 aliphatic rings. The molecule has 1 aromatic rings. The van der Waals surface area contributed by atoms with E-state index < -0.39 is 0 Å². The normalized spacial score (nSPS) is 21.0. The van der Waals surface area contributed by atoms with Gasteiger partial charge in [-0.3, -0.25) is 0 Å². The molecular weight excluding hydrogens is 261 g/mol. The number of hydrogen-bond donors (Lipinski definition) is 1. The van der Waals surface area contributed by atoms with Gasteiger partial charge in [-0.15, -0.1) is 0 Å². The molecule has 0 aliphatic carbocycles. The first-order valence-electron chi connectivity index (χ1n) is 5.51. The Morgan fingerprint density at radius 3 is 2.88 bits per heavy atom. The molecule has 1 N–H and O–H groups in total. The van der Waals surface area contributed by atoms with E-state index in [1.165, 1.54) is 29.9 Å². The summed E-state index contributed by atoms with van der Waals surface area (Å²) in [6.07, 6.45) is 2.61. The minimum absolute atomic E-state index is 0.624. The lowest BCUT2D eigenvalue weighted by atomic mass is 10.1. The van der Waals surface area contributed by atoms with Crippen LogP contribution in [-0.4, -0.2) is 17.5 Å². The van der Waals surface area contributed by atoms with Crippen LogP contribution < -0.4 is 5.32 Å². The predicted molar refractivity (Wildman–Crippen MR) is 73.6 cm³/mol. The summed E-state index contributed by atoms with van der Waals surface area (Å²) in [6, 6.07) is 6.47. The van der Waals surface area contributed by atoms with E-state index in [1.54, 1.807) is 0 Å². The molecule has 1 nitrogen and oxygen atoms in total. The molecule has 0 amide bonds. The maximum Gasteiger partial charge on any atom is 0.0595 e. The maximum absolute atomic E-state index is 5.97. The van der Waals surface area contributed by atoms with Gasteiger partial charge in [0, 0.05) is 18.3 Å². The number of nitrogens with one attached hydrogen (secondary N) is 1. The lowest BCUT2D eigenvalue weighted by Crippen LogP contribution is -2.33. The molecule has 4 heteroatoms. The molecule has 1 atom stereocenters. The number of rotatable bonds is 3. The highest BCUT2D eigenvalue weighted by atomic mass is 35.5. The van der Waals surface area contributed by atoms with Gasteiger partial charge in [-0.2, -0.15) is 11.8 Å². The van der Waals surface area contributed by atoms with Gasteiger partial charge in [0.05, 0.1) is 10.0 Å². The third kappa shape index (κ3) is 3.56.